The van der Waals surface area contributed by atoms with Gasteiger partial charge in [-0.3, -0.25) is 0 Å². The average molecular weight is 321 g/mol. The standard InChI is InChI=1S/C14H27NO5S/c1-4-14(16)20-12-9-11-15(2,3)10-7-5-6-8-13-21(17,18)19/h4H,1,5-13H2,2-3H3. The van der Waals surface area contributed by atoms with Crippen molar-refractivity contribution in [2.75, 3.05) is 39.5 Å². The fraction of sp³-hybridized carbons (Fsp3) is 0.786. The SMILES string of the molecule is C=CC(=O)OCCC[N+](C)(C)CCCCCCS(=O)(=O)[O-]. The molecule has 0 rings (SSSR count). The average Bonchev–Trinajstić information content (AvgIpc) is 2.37. The molecule has 0 atom stereocenters. The molecule has 7 heteroatoms. The molecule has 0 aromatic heterocycles. The minimum atomic E-state index is -4.07. The molecule has 0 bridgehead atoms. The third-order valence-electron chi connectivity index (χ3n) is 3.23. The van der Waals surface area contributed by atoms with Crippen molar-refractivity contribution in [2.45, 2.75) is 32.1 Å². The normalized spacial score (nSPS) is 12.1. The van der Waals surface area contributed by atoms with E-state index >= 15 is 0 Å². The monoisotopic (exact) mass is 321 g/mol. The van der Waals surface area contributed by atoms with Crippen LogP contribution in [0.15, 0.2) is 12.7 Å². The van der Waals surface area contributed by atoms with E-state index in [1.54, 1.807) is 0 Å². The fourth-order valence-electron chi connectivity index (χ4n) is 2.01. The Labute approximate surface area is 128 Å². The minimum absolute atomic E-state index is 0.264. The Morgan fingerprint density at radius 1 is 1.14 bits per heavy atom. The summed E-state index contributed by atoms with van der Waals surface area (Å²) in [5.41, 5.74) is 0. The van der Waals surface area contributed by atoms with E-state index in [0.29, 0.717) is 13.0 Å². The van der Waals surface area contributed by atoms with Crippen LogP contribution in [0.3, 0.4) is 0 Å². The van der Waals surface area contributed by atoms with Gasteiger partial charge in [0.05, 0.1) is 43.9 Å². The van der Waals surface area contributed by atoms with Gasteiger partial charge in [0.15, 0.2) is 0 Å². The number of quaternary nitrogens is 1. The first-order valence-corrected chi connectivity index (χ1v) is 8.79. The second-order valence-electron chi connectivity index (χ2n) is 5.78. The van der Waals surface area contributed by atoms with E-state index < -0.39 is 16.1 Å². The highest BCUT2D eigenvalue weighted by atomic mass is 32.2. The number of hydrogen-bond donors (Lipinski definition) is 0. The predicted molar refractivity (Wildman–Crippen MR) is 80.6 cm³/mol. The molecule has 0 aromatic rings. The van der Waals surface area contributed by atoms with E-state index in [0.717, 1.165) is 49.3 Å². The Bertz CT molecular complexity index is 417. The van der Waals surface area contributed by atoms with E-state index in [1.165, 1.54) is 0 Å². The number of nitrogens with zero attached hydrogens (tertiary/aromatic N) is 1. The molecule has 0 heterocycles. The molecule has 0 saturated carbocycles. The number of esters is 1. The summed E-state index contributed by atoms with van der Waals surface area (Å²) >= 11 is 0. The molecule has 0 radical (unpaired) electrons. The van der Waals surface area contributed by atoms with Gasteiger partial charge in [0.2, 0.25) is 0 Å². The summed E-state index contributed by atoms with van der Waals surface area (Å²) in [5, 5.41) is 0. The molecule has 124 valence electrons. The van der Waals surface area contributed by atoms with Crippen LogP contribution in [0.4, 0.5) is 0 Å². The molecule has 0 aliphatic rings. The largest absolute Gasteiger partial charge is 0.748 e. The lowest BCUT2D eigenvalue weighted by molar-refractivity contribution is -0.890. The van der Waals surface area contributed by atoms with Crippen LogP contribution in [-0.4, -0.2) is 63.0 Å². The first-order valence-electron chi connectivity index (χ1n) is 7.21. The van der Waals surface area contributed by atoms with Crippen molar-refractivity contribution in [2.24, 2.45) is 0 Å². The van der Waals surface area contributed by atoms with Gasteiger partial charge in [-0.15, -0.1) is 0 Å². The summed E-state index contributed by atoms with van der Waals surface area (Å²) in [6.07, 6.45) is 5.05. The summed E-state index contributed by atoms with van der Waals surface area (Å²) in [4.78, 5) is 10.9. The molecular formula is C14H27NO5S. The predicted octanol–water partition coefficient (Wildman–Crippen LogP) is 1.29. The number of hydrogen-bond acceptors (Lipinski definition) is 5. The first kappa shape index (κ1) is 20.1. The molecule has 0 saturated heterocycles. The van der Waals surface area contributed by atoms with Crippen LogP contribution in [-0.2, 0) is 19.6 Å². The van der Waals surface area contributed by atoms with Crippen molar-refractivity contribution < 1.29 is 27.0 Å². The molecule has 0 aromatic carbocycles. The van der Waals surface area contributed by atoms with Crippen LogP contribution < -0.4 is 0 Å². The van der Waals surface area contributed by atoms with Gasteiger partial charge in [0.25, 0.3) is 0 Å². The Kier molecular flexibility index (Phi) is 9.48. The molecule has 0 fully saturated rings. The maximum Gasteiger partial charge on any atom is 0.330 e. The lowest BCUT2D eigenvalue weighted by Crippen LogP contribution is -2.41. The number of ether oxygens (including phenoxy) is 1. The lowest BCUT2D eigenvalue weighted by atomic mass is 10.2. The van der Waals surface area contributed by atoms with Crippen molar-refractivity contribution in [3.8, 4) is 0 Å². The van der Waals surface area contributed by atoms with Crippen LogP contribution in [0, 0.1) is 0 Å². The molecule has 6 nitrogen and oxygen atoms in total. The summed E-state index contributed by atoms with van der Waals surface area (Å²) in [6.45, 7) is 5.60. The molecular weight excluding hydrogens is 294 g/mol. The fourth-order valence-corrected chi connectivity index (χ4v) is 2.57. The molecule has 0 aliphatic heterocycles. The van der Waals surface area contributed by atoms with Gasteiger partial charge in [-0.05, 0) is 19.3 Å². The molecule has 0 N–H and O–H groups in total. The highest BCUT2D eigenvalue weighted by molar-refractivity contribution is 7.85. The first-order chi connectivity index (χ1) is 9.66. The van der Waals surface area contributed by atoms with Crippen molar-refractivity contribution in [1.82, 2.24) is 0 Å². The van der Waals surface area contributed by atoms with E-state index in [4.69, 9.17) is 4.74 Å². The summed E-state index contributed by atoms with van der Waals surface area (Å²) < 4.78 is 37.1. The Morgan fingerprint density at radius 2 is 1.71 bits per heavy atom. The molecule has 0 unspecified atom stereocenters. The molecule has 0 aliphatic carbocycles. The second kappa shape index (κ2) is 9.92. The van der Waals surface area contributed by atoms with Gasteiger partial charge in [-0.25, -0.2) is 13.2 Å². The van der Waals surface area contributed by atoms with Gasteiger partial charge in [0, 0.05) is 18.2 Å². The number of carbonyl (C=O) groups excluding carboxylic acids is 1. The van der Waals surface area contributed by atoms with Crippen LogP contribution >= 0.6 is 0 Å². The number of rotatable bonds is 12. The zero-order chi connectivity index (χ0) is 16.4. The highest BCUT2D eigenvalue weighted by Crippen LogP contribution is 2.07. The second-order valence-corrected chi connectivity index (χ2v) is 7.31. The smallest absolute Gasteiger partial charge is 0.330 e. The molecule has 0 spiro atoms. The van der Waals surface area contributed by atoms with Gasteiger partial charge >= 0.3 is 5.97 Å². The van der Waals surface area contributed by atoms with E-state index in [9.17, 15) is 17.8 Å². The molecule has 21 heavy (non-hydrogen) atoms. The third-order valence-corrected chi connectivity index (χ3v) is 4.02. The molecule has 0 amide bonds. The summed E-state index contributed by atoms with van der Waals surface area (Å²) in [5.74, 6) is -0.659. The zero-order valence-corrected chi connectivity index (χ0v) is 13.9. The van der Waals surface area contributed by atoms with Gasteiger partial charge in [-0.2, -0.15) is 0 Å². The van der Waals surface area contributed by atoms with Crippen molar-refractivity contribution in [1.29, 1.82) is 0 Å². The Hall–Kier alpha value is -0.920. The van der Waals surface area contributed by atoms with E-state index in [2.05, 4.69) is 20.7 Å². The zero-order valence-electron chi connectivity index (χ0n) is 13.0. The number of carbonyl (C=O) groups is 1. The van der Waals surface area contributed by atoms with E-state index in [1.807, 2.05) is 0 Å². The van der Waals surface area contributed by atoms with Crippen LogP contribution in [0.1, 0.15) is 32.1 Å². The van der Waals surface area contributed by atoms with E-state index in [-0.39, 0.29) is 5.75 Å². The Morgan fingerprint density at radius 3 is 2.29 bits per heavy atom. The van der Waals surface area contributed by atoms with Gasteiger partial charge in [-0.1, -0.05) is 13.0 Å². The van der Waals surface area contributed by atoms with Crippen molar-refractivity contribution >= 4 is 16.1 Å². The maximum absolute atomic E-state index is 10.9. The highest BCUT2D eigenvalue weighted by Gasteiger charge is 2.14. The topological polar surface area (TPSA) is 83.5 Å². The van der Waals surface area contributed by atoms with Crippen LogP contribution in [0.5, 0.6) is 0 Å². The minimum Gasteiger partial charge on any atom is -0.748 e. The van der Waals surface area contributed by atoms with Crippen molar-refractivity contribution in [3.05, 3.63) is 12.7 Å². The lowest BCUT2D eigenvalue weighted by Gasteiger charge is -2.29. The van der Waals surface area contributed by atoms with Gasteiger partial charge in [0.1, 0.15) is 0 Å². The summed E-state index contributed by atoms with van der Waals surface area (Å²) in [7, 11) is 0.151. The van der Waals surface area contributed by atoms with Crippen molar-refractivity contribution in [3.63, 3.8) is 0 Å². The van der Waals surface area contributed by atoms with Crippen LogP contribution in [0.2, 0.25) is 0 Å². The van der Waals surface area contributed by atoms with Crippen LogP contribution in [0.25, 0.3) is 0 Å². The third kappa shape index (κ3) is 13.8. The van der Waals surface area contributed by atoms with Gasteiger partial charge < -0.3 is 13.8 Å². The maximum atomic E-state index is 10.9. The quantitative estimate of drug-likeness (QED) is 0.178. The number of unbranched alkanes of at least 4 members (excludes halogenated alkanes) is 3. The Balaban J connectivity index is 3.63. The summed E-state index contributed by atoms with van der Waals surface area (Å²) in [6, 6.07) is 0.